The first-order valence-corrected chi connectivity index (χ1v) is 12.2. The summed E-state index contributed by atoms with van der Waals surface area (Å²) in [4.78, 5) is 12.1. The van der Waals surface area contributed by atoms with Gasteiger partial charge in [-0.25, -0.2) is 13.1 Å². The van der Waals surface area contributed by atoms with Crippen LogP contribution in [0.5, 0.6) is 0 Å². The number of benzene rings is 1. The van der Waals surface area contributed by atoms with Gasteiger partial charge in [0.2, 0.25) is 15.9 Å². The molecular weight excluding hydrogens is 392 g/mol. The normalized spacial score (nSPS) is 25.8. The number of carbonyl (C=O) groups is 1. The summed E-state index contributed by atoms with van der Waals surface area (Å²) in [5.41, 5.74) is 0.716. The Morgan fingerprint density at radius 2 is 1.83 bits per heavy atom. The highest BCUT2D eigenvalue weighted by Gasteiger charge is 2.33. The summed E-state index contributed by atoms with van der Waals surface area (Å²) in [6, 6.07) is 8.56. The molecule has 1 saturated heterocycles. The van der Waals surface area contributed by atoms with Crippen LogP contribution in [0.4, 0.5) is 0 Å². The van der Waals surface area contributed by atoms with Crippen LogP contribution in [0.1, 0.15) is 50.5 Å². The van der Waals surface area contributed by atoms with Gasteiger partial charge in [-0.2, -0.15) is 0 Å². The smallest absolute Gasteiger partial charge is 0.223 e. The number of hydrogen-bond acceptors (Lipinski definition) is 5. The van der Waals surface area contributed by atoms with Crippen molar-refractivity contribution in [2.24, 2.45) is 5.92 Å². The predicted molar refractivity (Wildman–Crippen MR) is 111 cm³/mol. The fourth-order valence-corrected chi connectivity index (χ4v) is 5.68. The summed E-state index contributed by atoms with van der Waals surface area (Å²) in [5, 5.41) is 12.7. The number of aliphatic hydroxyl groups excluding tert-OH is 1. The molecule has 29 heavy (non-hydrogen) atoms. The molecule has 1 heterocycles. The minimum Gasteiger partial charge on any atom is -0.394 e. The second-order valence-corrected chi connectivity index (χ2v) is 9.84. The number of sulfonamides is 1. The molecule has 3 atom stereocenters. The molecule has 1 aliphatic carbocycles. The van der Waals surface area contributed by atoms with Gasteiger partial charge in [-0.1, -0.05) is 43.2 Å². The summed E-state index contributed by atoms with van der Waals surface area (Å²) in [7, 11) is -3.53. The molecule has 3 rings (SSSR count). The summed E-state index contributed by atoms with van der Waals surface area (Å²) >= 11 is 0. The van der Waals surface area contributed by atoms with E-state index >= 15 is 0 Å². The molecular formula is C21H32N2O5S. The van der Waals surface area contributed by atoms with E-state index in [-0.39, 0.29) is 30.3 Å². The predicted octanol–water partition coefficient (Wildman–Crippen LogP) is 1.71. The third-order valence-corrected chi connectivity index (χ3v) is 7.19. The standard InChI is InChI=1S/C21H32N2O5S/c24-14-20-19(23-29(26,27)15-16-6-2-1-3-7-16)11-10-18(28-20)12-13-22-21(25)17-8-4-5-9-17/h1-3,6-7,17-20,23-24H,4-5,8-15H2,(H,22,25)/t18-,19-,20+/m0/s1. The first-order chi connectivity index (χ1) is 14.0. The van der Waals surface area contributed by atoms with Crippen molar-refractivity contribution in [3.05, 3.63) is 35.9 Å². The lowest BCUT2D eigenvalue weighted by atomic mass is 9.98. The molecule has 0 aromatic heterocycles. The Morgan fingerprint density at radius 3 is 2.52 bits per heavy atom. The van der Waals surface area contributed by atoms with Gasteiger partial charge in [0.1, 0.15) is 0 Å². The lowest BCUT2D eigenvalue weighted by Crippen LogP contribution is -2.51. The molecule has 162 valence electrons. The largest absolute Gasteiger partial charge is 0.394 e. The Balaban J connectivity index is 1.44. The van der Waals surface area contributed by atoms with Gasteiger partial charge in [0.25, 0.3) is 0 Å². The van der Waals surface area contributed by atoms with Gasteiger partial charge in [0.15, 0.2) is 0 Å². The van der Waals surface area contributed by atoms with Crippen LogP contribution < -0.4 is 10.0 Å². The molecule has 1 amide bonds. The average molecular weight is 425 g/mol. The zero-order valence-corrected chi connectivity index (χ0v) is 17.6. The van der Waals surface area contributed by atoms with Gasteiger partial charge in [-0.05, 0) is 37.7 Å². The van der Waals surface area contributed by atoms with E-state index in [4.69, 9.17) is 4.74 Å². The minimum atomic E-state index is -3.53. The lowest BCUT2D eigenvalue weighted by Gasteiger charge is -2.36. The molecule has 0 unspecified atom stereocenters. The third-order valence-electron chi connectivity index (χ3n) is 5.82. The molecule has 2 aliphatic rings. The van der Waals surface area contributed by atoms with Crippen molar-refractivity contribution in [1.82, 2.24) is 10.0 Å². The maximum atomic E-state index is 12.5. The van der Waals surface area contributed by atoms with Gasteiger partial charge < -0.3 is 15.2 Å². The number of rotatable bonds is 9. The molecule has 1 aliphatic heterocycles. The van der Waals surface area contributed by atoms with Crippen LogP contribution in [0.25, 0.3) is 0 Å². The van der Waals surface area contributed by atoms with Gasteiger partial charge >= 0.3 is 0 Å². The Morgan fingerprint density at radius 1 is 1.10 bits per heavy atom. The molecule has 8 heteroatoms. The number of nitrogens with one attached hydrogen (secondary N) is 2. The molecule has 2 fully saturated rings. The van der Waals surface area contributed by atoms with E-state index in [1.807, 2.05) is 6.07 Å². The van der Waals surface area contributed by atoms with Crippen LogP contribution in [0.3, 0.4) is 0 Å². The molecule has 3 N–H and O–H groups in total. The number of ether oxygens (including phenoxy) is 1. The first-order valence-electron chi connectivity index (χ1n) is 10.5. The SMILES string of the molecule is O=C(NCC[C@@H]1CC[C@H](NS(=O)(=O)Cc2ccccc2)[C@@H](CO)O1)C1CCCC1. The van der Waals surface area contributed by atoms with Crippen LogP contribution >= 0.6 is 0 Å². The zero-order valence-electron chi connectivity index (χ0n) is 16.8. The monoisotopic (exact) mass is 424 g/mol. The van der Waals surface area contributed by atoms with E-state index in [0.29, 0.717) is 31.4 Å². The van der Waals surface area contributed by atoms with E-state index in [2.05, 4.69) is 10.0 Å². The Kier molecular flexibility index (Phi) is 8.06. The Labute approximate surface area is 173 Å². The van der Waals surface area contributed by atoms with E-state index in [9.17, 15) is 18.3 Å². The molecule has 0 spiro atoms. The van der Waals surface area contributed by atoms with Gasteiger partial charge in [0.05, 0.1) is 30.6 Å². The van der Waals surface area contributed by atoms with Crippen LogP contribution in [-0.2, 0) is 25.3 Å². The fraction of sp³-hybridized carbons (Fsp3) is 0.667. The number of aliphatic hydroxyl groups is 1. The Hall–Kier alpha value is -1.48. The molecule has 1 aromatic rings. The van der Waals surface area contributed by atoms with Crippen LogP contribution in [0, 0.1) is 5.92 Å². The number of carbonyl (C=O) groups excluding carboxylic acids is 1. The van der Waals surface area contributed by atoms with Crippen molar-refractivity contribution in [2.45, 2.75) is 68.9 Å². The second kappa shape index (κ2) is 10.5. The highest BCUT2D eigenvalue weighted by molar-refractivity contribution is 7.88. The van der Waals surface area contributed by atoms with Crippen molar-refractivity contribution in [3.8, 4) is 0 Å². The van der Waals surface area contributed by atoms with Gasteiger partial charge in [0, 0.05) is 12.5 Å². The molecule has 0 radical (unpaired) electrons. The van der Waals surface area contributed by atoms with E-state index in [1.54, 1.807) is 24.3 Å². The third kappa shape index (κ3) is 6.77. The minimum absolute atomic E-state index is 0.0918. The summed E-state index contributed by atoms with van der Waals surface area (Å²) < 4.78 is 33.6. The zero-order chi connectivity index (χ0) is 20.7. The number of hydrogen-bond donors (Lipinski definition) is 3. The fourth-order valence-electron chi connectivity index (χ4n) is 4.23. The van der Waals surface area contributed by atoms with Crippen molar-refractivity contribution in [2.75, 3.05) is 13.2 Å². The van der Waals surface area contributed by atoms with Gasteiger partial charge in [-0.15, -0.1) is 0 Å². The number of amides is 1. The maximum Gasteiger partial charge on any atom is 0.223 e. The van der Waals surface area contributed by atoms with Crippen molar-refractivity contribution in [3.63, 3.8) is 0 Å². The van der Waals surface area contributed by atoms with E-state index < -0.39 is 22.2 Å². The summed E-state index contributed by atoms with van der Waals surface area (Å²) in [6.07, 6.45) is 5.49. The maximum absolute atomic E-state index is 12.5. The average Bonchev–Trinajstić information content (AvgIpc) is 3.24. The quantitative estimate of drug-likeness (QED) is 0.560. The highest BCUT2D eigenvalue weighted by Crippen LogP contribution is 2.25. The molecule has 1 saturated carbocycles. The Bertz CT molecular complexity index is 750. The molecule has 1 aromatic carbocycles. The van der Waals surface area contributed by atoms with Crippen LogP contribution in [-0.4, -0.2) is 50.8 Å². The molecule has 0 bridgehead atoms. The van der Waals surface area contributed by atoms with Crippen molar-refractivity contribution in [1.29, 1.82) is 0 Å². The first kappa shape index (κ1) is 22.2. The molecule has 7 nitrogen and oxygen atoms in total. The second-order valence-electron chi connectivity index (χ2n) is 8.09. The topological polar surface area (TPSA) is 105 Å². The van der Waals surface area contributed by atoms with Crippen molar-refractivity contribution >= 4 is 15.9 Å². The van der Waals surface area contributed by atoms with Crippen LogP contribution in [0.15, 0.2) is 30.3 Å². The van der Waals surface area contributed by atoms with Crippen molar-refractivity contribution < 1.29 is 23.1 Å². The van der Waals surface area contributed by atoms with Crippen LogP contribution in [0.2, 0.25) is 0 Å². The van der Waals surface area contributed by atoms with Gasteiger partial charge in [-0.3, -0.25) is 4.79 Å². The lowest BCUT2D eigenvalue weighted by molar-refractivity contribution is -0.125. The van der Waals surface area contributed by atoms with E-state index in [0.717, 1.165) is 25.7 Å². The summed E-state index contributed by atoms with van der Waals surface area (Å²) in [5.74, 6) is 0.179. The van der Waals surface area contributed by atoms with E-state index in [1.165, 1.54) is 0 Å². The highest BCUT2D eigenvalue weighted by atomic mass is 32.2. The summed E-state index contributed by atoms with van der Waals surface area (Å²) in [6.45, 7) is 0.298.